The van der Waals surface area contributed by atoms with Crippen LogP contribution in [0.4, 0.5) is 0 Å². The first kappa shape index (κ1) is 16.0. The lowest BCUT2D eigenvalue weighted by molar-refractivity contribution is 0.0992. The fourth-order valence-corrected chi connectivity index (χ4v) is 3.84. The summed E-state index contributed by atoms with van der Waals surface area (Å²) in [6.45, 7) is 4.70. The number of hydrogen-bond acceptors (Lipinski definition) is 3. The lowest BCUT2D eigenvalue weighted by Gasteiger charge is -2.33. The number of rotatable bonds is 4. The minimum absolute atomic E-state index is 0.0444. The van der Waals surface area contributed by atoms with Gasteiger partial charge in [0.1, 0.15) is 0 Å². The maximum absolute atomic E-state index is 12.1. The van der Waals surface area contributed by atoms with Crippen LogP contribution in [0, 0.1) is 0 Å². The lowest BCUT2D eigenvalue weighted by Crippen LogP contribution is -2.34. The Bertz CT molecular complexity index is 877. The van der Waals surface area contributed by atoms with Crippen LogP contribution in [-0.2, 0) is 6.54 Å². The molecule has 0 N–H and O–H groups in total. The Balaban J connectivity index is 1.54. The molecule has 3 aromatic rings. The van der Waals surface area contributed by atoms with Crippen molar-refractivity contribution in [3.63, 3.8) is 0 Å². The van der Waals surface area contributed by atoms with E-state index >= 15 is 0 Å². The predicted octanol–water partition coefficient (Wildman–Crippen LogP) is 4.08. The van der Waals surface area contributed by atoms with E-state index in [-0.39, 0.29) is 5.78 Å². The Morgan fingerprint density at radius 2 is 1.72 bits per heavy atom. The van der Waals surface area contributed by atoms with Crippen molar-refractivity contribution in [2.24, 2.45) is 0 Å². The molecule has 2 aromatic carbocycles. The Hall–Kier alpha value is -2.46. The maximum Gasteiger partial charge on any atom is 0.195 e. The van der Waals surface area contributed by atoms with Gasteiger partial charge >= 0.3 is 0 Å². The molecule has 2 heterocycles. The summed E-state index contributed by atoms with van der Waals surface area (Å²) in [7, 11) is 0. The van der Waals surface area contributed by atoms with Gasteiger partial charge in [0, 0.05) is 32.6 Å². The van der Waals surface area contributed by atoms with Gasteiger partial charge in [-0.2, -0.15) is 0 Å². The normalized spacial score (nSPS) is 16.4. The summed E-state index contributed by atoms with van der Waals surface area (Å²) in [4.78, 5) is 19.2. The molecule has 0 aliphatic carbocycles. The van der Waals surface area contributed by atoms with Gasteiger partial charge in [-0.3, -0.25) is 9.69 Å². The molecule has 1 aliphatic rings. The molecule has 0 atom stereocenters. The van der Waals surface area contributed by atoms with Gasteiger partial charge in [0.25, 0.3) is 0 Å². The molecule has 4 heteroatoms. The van der Waals surface area contributed by atoms with E-state index in [1.807, 2.05) is 18.2 Å². The Labute approximate surface area is 148 Å². The zero-order chi connectivity index (χ0) is 17.2. The number of para-hydroxylation sites is 2. The molecule has 1 aliphatic heterocycles. The van der Waals surface area contributed by atoms with E-state index in [1.165, 1.54) is 5.56 Å². The number of piperidine rings is 1. The van der Waals surface area contributed by atoms with E-state index in [4.69, 9.17) is 0 Å². The van der Waals surface area contributed by atoms with Crippen molar-refractivity contribution in [1.29, 1.82) is 0 Å². The van der Waals surface area contributed by atoms with Crippen LogP contribution in [0.15, 0.2) is 54.6 Å². The van der Waals surface area contributed by atoms with Crippen molar-refractivity contribution >= 4 is 16.8 Å². The zero-order valence-corrected chi connectivity index (χ0v) is 14.6. The first-order valence-corrected chi connectivity index (χ1v) is 8.96. The van der Waals surface area contributed by atoms with Gasteiger partial charge in [0.15, 0.2) is 11.6 Å². The fraction of sp³-hybridized carbons (Fsp3) is 0.333. The van der Waals surface area contributed by atoms with Crippen molar-refractivity contribution in [3.05, 3.63) is 66.0 Å². The number of likely N-dealkylation sites (tertiary alicyclic amines) is 1. The first-order chi connectivity index (χ1) is 12.2. The van der Waals surface area contributed by atoms with Gasteiger partial charge in [0.05, 0.1) is 11.0 Å². The van der Waals surface area contributed by atoms with E-state index in [9.17, 15) is 4.79 Å². The van der Waals surface area contributed by atoms with Crippen molar-refractivity contribution in [2.75, 3.05) is 13.1 Å². The minimum atomic E-state index is 0.0444. The van der Waals surface area contributed by atoms with Crippen LogP contribution in [-0.4, -0.2) is 33.3 Å². The number of aromatic nitrogens is 2. The molecule has 0 saturated carbocycles. The van der Waals surface area contributed by atoms with Gasteiger partial charge in [-0.1, -0.05) is 42.5 Å². The SMILES string of the molecule is CC(=O)c1nc2ccccc2n1C1CCN(Cc2ccccc2)CC1. The number of hydrogen-bond donors (Lipinski definition) is 0. The van der Waals surface area contributed by atoms with Gasteiger partial charge < -0.3 is 4.57 Å². The second-order valence-corrected chi connectivity index (χ2v) is 6.84. The fourth-order valence-electron chi connectivity index (χ4n) is 3.84. The number of fused-ring (bicyclic) bond motifs is 1. The summed E-state index contributed by atoms with van der Waals surface area (Å²) in [5.74, 6) is 0.644. The molecule has 0 radical (unpaired) electrons. The third kappa shape index (κ3) is 3.22. The molecule has 4 nitrogen and oxygen atoms in total. The highest BCUT2D eigenvalue weighted by Crippen LogP contribution is 2.29. The van der Waals surface area contributed by atoms with Crippen molar-refractivity contribution in [1.82, 2.24) is 14.5 Å². The molecule has 1 aromatic heterocycles. The number of Topliss-reactive ketones (excluding diaryl/α,β-unsaturated/α-hetero) is 1. The summed E-state index contributed by atoms with van der Waals surface area (Å²) in [5.41, 5.74) is 3.35. The number of ketones is 1. The van der Waals surface area contributed by atoms with Crippen LogP contribution in [0.1, 0.15) is 42.0 Å². The molecule has 128 valence electrons. The van der Waals surface area contributed by atoms with E-state index in [1.54, 1.807) is 6.92 Å². The number of carbonyl (C=O) groups excluding carboxylic acids is 1. The third-order valence-electron chi connectivity index (χ3n) is 5.08. The number of benzene rings is 2. The number of imidazole rings is 1. The van der Waals surface area contributed by atoms with Gasteiger partial charge in [-0.05, 0) is 30.5 Å². The van der Waals surface area contributed by atoms with Crippen LogP contribution in [0.25, 0.3) is 11.0 Å². The summed E-state index contributed by atoms with van der Waals surface area (Å²) in [5, 5.41) is 0. The van der Waals surface area contributed by atoms with Gasteiger partial charge in [-0.15, -0.1) is 0 Å². The second kappa shape index (κ2) is 6.81. The van der Waals surface area contributed by atoms with Crippen LogP contribution in [0.3, 0.4) is 0 Å². The van der Waals surface area contributed by atoms with E-state index < -0.39 is 0 Å². The molecule has 0 amide bonds. The van der Waals surface area contributed by atoms with Gasteiger partial charge in [-0.25, -0.2) is 4.98 Å². The molecule has 1 saturated heterocycles. The summed E-state index contributed by atoms with van der Waals surface area (Å²) in [6, 6.07) is 19.0. The average Bonchev–Trinajstić information content (AvgIpc) is 3.03. The average molecular weight is 333 g/mol. The predicted molar refractivity (Wildman–Crippen MR) is 99.7 cm³/mol. The second-order valence-electron chi connectivity index (χ2n) is 6.84. The number of carbonyl (C=O) groups is 1. The van der Waals surface area contributed by atoms with Crippen LogP contribution in [0.5, 0.6) is 0 Å². The smallest absolute Gasteiger partial charge is 0.195 e. The van der Waals surface area contributed by atoms with E-state index in [2.05, 4.69) is 50.8 Å². The monoisotopic (exact) mass is 333 g/mol. The number of nitrogens with zero attached hydrogens (tertiary/aromatic N) is 3. The quantitative estimate of drug-likeness (QED) is 0.675. The molecule has 25 heavy (non-hydrogen) atoms. The van der Waals surface area contributed by atoms with E-state index in [0.717, 1.165) is 43.5 Å². The molecule has 0 bridgehead atoms. The summed E-state index contributed by atoms with van der Waals surface area (Å²) in [6.07, 6.45) is 2.10. The molecular formula is C21H23N3O. The first-order valence-electron chi connectivity index (χ1n) is 8.96. The minimum Gasteiger partial charge on any atom is -0.318 e. The summed E-state index contributed by atoms with van der Waals surface area (Å²) < 4.78 is 2.18. The Morgan fingerprint density at radius 1 is 1.04 bits per heavy atom. The lowest BCUT2D eigenvalue weighted by atomic mass is 10.0. The van der Waals surface area contributed by atoms with Crippen molar-refractivity contribution < 1.29 is 4.79 Å². The van der Waals surface area contributed by atoms with Crippen molar-refractivity contribution in [2.45, 2.75) is 32.4 Å². The molecule has 0 spiro atoms. The topological polar surface area (TPSA) is 38.1 Å². The molecule has 4 rings (SSSR count). The van der Waals surface area contributed by atoms with E-state index in [0.29, 0.717) is 11.9 Å². The zero-order valence-electron chi connectivity index (χ0n) is 14.6. The largest absolute Gasteiger partial charge is 0.318 e. The summed E-state index contributed by atoms with van der Waals surface area (Å²) >= 11 is 0. The van der Waals surface area contributed by atoms with Gasteiger partial charge in [0.2, 0.25) is 0 Å². The highest BCUT2D eigenvalue weighted by Gasteiger charge is 2.25. The molecule has 0 unspecified atom stereocenters. The highest BCUT2D eigenvalue weighted by atomic mass is 16.1. The molecule has 1 fully saturated rings. The third-order valence-corrected chi connectivity index (χ3v) is 5.08. The molecular weight excluding hydrogens is 310 g/mol. The van der Waals surface area contributed by atoms with Crippen LogP contribution in [0.2, 0.25) is 0 Å². The van der Waals surface area contributed by atoms with Crippen molar-refractivity contribution in [3.8, 4) is 0 Å². The maximum atomic E-state index is 12.1. The standard InChI is InChI=1S/C21H23N3O/c1-16(25)21-22-19-9-5-6-10-20(19)24(21)18-11-13-23(14-12-18)15-17-7-3-2-4-8-17/h2-10,18H,11-15H2,1H3. The Kier molecular flexibility index (Phi) is 4.36. The van der Waals surface area contributed by atoms with Crippen LogP contribution < -0.4 is 0 Å². The Morgan fingerprint density at radius 3 is 2.44 bits per heavy atom. The van der Waals surface area contributed by atoms with Crippen LogP contribution >= 0.6 is 0 Å². The highest BCUT2D eigenvalue weighted by molar-refractivity contribution is 5.94.